The Hall–Kier alpha value is -2.80. The van der Waals surface area contributed by atoms with E-state index in [0.717, 1.165) is 12.0 Å². The lowest BCUT2D eigenvalue weighted by Gasteiger charge is -2.14. The number of nitrogens with zero attached hydrogens (tertiary/aromatic N) is 1. The maximum atomic E-state index is 8.69. The first-order chi connectivity index (χ1) is 12.0. The fourth-order valence-electron chi connectivity index (χ4n) is 2.70. The lowest BCUT2D eigenvalue weighted by Crippen LogP contribution is -2.02. The highest BCUT2D eigenvalue weighted by atomic mass is 14.6. The van der Waals surface area contributed by atoms with Crippen molar-refractivity contribution < 1.29 is 0 Å². The van der Waals surface area contributed by atoms with E-state index in [1.54, 1.807) is 25.1 Å². The van der Waals surface area contributed by atoms with E-state index in [1.807, 2.05) is 26.0 Å². The maximum Gasteiger partial charge on any atom is 0.0991 e. The lowest BCUT2D eigenvalue weighted by atomic mass is 9.91. The third-order valence-electron chi connectivity index (χ3n) is 3.96. The van der Waals surface area contributed by atoms with Crippen LogP contribution in [0.15, 0.2) is 36.4 Å². The Morgan fingerprint density at radius 2 is 1.64 bits per heavy atom. The molecule has 2 aromatic carbocycles. The molecule has 25 heavy (non-hydrogen) atoms. The zero-order valence-corrected chi connectivity index (χ0v) is 15.4. The smallest absolute Gasteiger partial charge is 0.0991 e. The third-order valence-corrected chi connectivity index (χ3v) is 3.96. The zero-order chi connectivity index (χ0) is 18.8. The van der Waals surface area contributed by atoms with Crippen molar-refractivity contribution in [2.75, 3.05) is 11.5 Å². The molecule has 2 aromatic rings. The van der Waals surface area contributed by atoms with Crippen molar-refractivity contribution in [3.8, 4) is 6.07 Å². The number of hydrogen-bond donors (Lipinski definition) is 3. The number of benzene rings is 2. The van der Waals surface area contributed by atoms with Crippen LogP contribution in [-0.4, -0.2) is 5.71 Å². The van der Waals surface area contributed by atoms with Crippen molar-refractivity contribution in [2.45, 2.75) is 46.5 Å². The largest absolute Gasteiger partial charge is 0.399 e. The Kier molecular flexibility index (Phi) is 8.22. The van der Waals surface area contributed by atoms with E-state index in [-0.39, 0.29) is 0 Å². The van der Waals surface area contributed by atoms with Crippen LogP contribution in [0.4, 0.5) is 11.4 Å². The second kappa shape index (κ2) is 10.1. The molecule has 5 N–H and O–H groups in total. The van der Waals surface area contributed by atoms with E-state index in [2.05, 4.69) is 12.1 Å². The molecule has 0 saturated carbocycles. The summed E-state index contributed by atoms with van der Waals surface area (Å²) in [5, 5.41) is 16.0. The molecule has 132 valence electrons. The molecular weight excluding hydrogens is 308 g/mol. The first-order valence-corrected chi connectivity index (χ1v) is 8.73. The second-order valence-electron chi connectivity index (χ2n) is 5.77. The van der Waals surface area contributed by atoms with Crippen LogP contribution in [0.25, 0.3) is 0 Å². The van der Waals surface area contributed by atoms with E-state index in [4.69, 9.17) is 22.1 Å². The monoisotopic (exact) mass is 336 g/mol. The van der Waals surface area contributed by atoms with Crippen molar-refractivity contribution in [3.63, 3.8) is 0 Å². The fraction of sp³-hybridized carbons (Fsp3) is 0.333. The highest BCUT2D eigenvalue weighted by Gasteiger charge is 2.08. The summed E-state index contributed by atoms with van der Waals surface area (Å²) in [6.45, 7) is 5.69. The van der Waals surface area contributed by atoms with Gasteiger partial charge in [-0.3, -0.25) is 0 Å². The SMILES string of the molecule is CC.CC(=N)c1cc(N)ccc1N.N#Cc1ccc2c(c1)CCCC2. The number of nitrogen functional groups attached to an aromatic ring is 2. The molecule has 0 amide bonds. The number of fused-ring (bicyclic) bond motifs is 1. The molecule has 0 heterocycles. The number of hydrogen-bond acceptors (Lipinski definition) is 4. The summed E-state index contributed by atoms with van der Waals surface area (Å²) in [5.41, 5.74) is 17.1. The van der Waals surface area contributed by atoms with Gasteiger partial charge in [-0.1, -0.05) is 19.9 Å². The van der Waals surface area contributed by atoms with E-state index in [9.17, 15) is 0 Å². The fourth-order valence-corrected chi connectivity index (χ4v) is 2.70. The Labute approximate surface area is 151 Å². The average molecular weight is 336 g/mol. The van der Waals surface area contributed by atoms with Gasteiger partial charge in [0.1, 0.15) is 0 Å². The minimum absolute atomic E-state index is 0.440. The first-order valence-electron chi connectivity index (χ1n) is 8.73. The van der Waals surface area contributed by atoms with Crippen molar-refractivity contribution in [2.24, 2.45) is 0 Å². The maximum absolute atomic E-state index is 8.69. The Balaban J connectivity index is 0.000000229. The highest BCUT2D eigenvalue weighted by molar-refractivity contribution is 6.01. The average Bonchev–Trinajstić information content (AvgIpc) is 2.65. The molecule has 0 bridgehead atoms. The number of nitriles is 1. The van der Waals surface area contributed by atoms with Crippen LogP contribution in [0.5, 0.6) is 0 Å². The molecule has 0 atom stereocenters. The van der Waals surface area contributed by atoms with Gasteiger partial charge < -0.3 is 16.9 Å². The molecule has 0 aromatic heterocycles. The molecular formula is C21H28N4. The standard InChI is InChI=1S/C11H11N.C8H11N3.C2H6/c12-8-9-5-6-10-3-1-2-4-11(10)7-9;1-5(9)7-4-6(10)2-3-8(7)11;1-2/h5-7H,1-4H2;2-4,9H,10-11H2,1H3;1-2H3. The lowest BCUT2D eigenvalue weighted by molar-refractivity contribution is 0.685. The van der Waals surface area contributed by atoms with Gasteiger partial charge in [-0.25, -0.2) is 0 Å². The molecule has 0 spiro atoms. The Morgan fingerprint density at radius 3 is 2.20 bits per heavy atom. The number of rotatable bonds is 1. The molecule has 0 radical (unpaired) electrons. The Bertz CT molecular complexity index is 757. The summed E-state index contributed by atoms with van der Waals surface area (Å²) < 4.78 is 0. The van der Waals surface area contributed by atoms with Gasteiger partial charge in [0.05, 0.1) is 11.6 Å². The topological polar surface area (TPSA) is 99.7 Å². The number of aryl methyl sites for hydroxylation is 2. The molecule has 0 fully saturated rings. The van der Waals surface area contributed by atoms with Crippen LogP contribution in [-0.2, 0) is 12.8 Å². The minimum Gasteiger partial charge on any atom is -0.399 e. The van der Waals surface area contributed by atoms with Crippen LogP contribution < -0.4 is 11.5 Å². The van der Waals surface area contributed by atoms with E-state index in [1.165, 1.54) is 30.4 Å². The van der Waals surface area contributed by atoms with Crippen molar-refractivity contribution in [3.05, 3.63) is 58.7 Å². The number of anilines is 2. The van der Waals surface area contributed by atoms with Crippen LogP contribution in [0.2, 0.25) is 0 Å². The third kappa shape index (κ3) is 5.96. The molecule has 4 heteroatoms. The van der Waals surface area contributed by atoms with E-state index in [0.29, 0.717) is 22.6 Å². The quantitative estimate of drug-likeness (QED) is 0.519. The van der Waals surface area contributed by atoms with Gasteiger partial charge in [-0.2, -0.15) is 5.26 Å². The molecule has 0 aliphatic heterocycles. The first kappa shape index (κ1) is 20.2. The molecule has 1 aliphatic rings. The molecule has 1 aliphatic carbocycles. The van der Waals surface area contributed by atoms with Gasteiger partial charge in [-0.05, 0) is 74.1 Å². The van der Waals surface area contributed by atoms with Crippen molar-refractivity contribution in [1.29, 1.82) is 10.7 Å². The second-order valence-corrected chi connectivity index (χ2v) is 5.77. The van der Waals surface area contributed by atoms with Crippen LogP contribution in [0.1, 0.15) is 55.9 Å². The molecule has 0 unspecified atom stereocenters. The van der Waals surface area contributed by atoms with E-state index >= 15 is 0 Å². The summed E-state index contributed by atoms with van der Waals surface area (Å²) >= 11 is 0. The summed E-state index contributed by atoms with van der Waals surface area (Å²) in [4.78, 5) is 0. The predicted molar refractivity (Wildman–Crippen MR) is 107 cm³/mol. The van der Waals surface area contributed by atoms with Crippen LogP contribution in [0, 0.1) is 16.7 Å². The van der Waals surface area contributed by atoms with Gasteiger partial charge in [0.25, 0.3) is 0 Å². The summed E-state index contributed by atoms with van der Waals surface area (Å²) in [5.74, 6) is 0. The number of nitrogens with two attached hydrogens (primary N) is 2. The summed E-state index contributed by atoms with van der Waals surface area (Å²) in [6, 6.07) is 13.4. The van der Waals surface area contributed by atoms with Gasteiger partial charge in [0.2, 0.25) is 0 Å². The van der Waals surface area contributed by atoms with Gasteiger partial charge in [0, 0.05) is 22.6 Å². The van der Waals surface area contributed by atoms with Crippen LogP contribution >= 0.6 is 0 Å². The van der Waals surface area contributed by atoms with Gasteiger partial charge in [0.15, 0.2) is 0 Å². The van der Waals surface area contributed by atoms with Crippen molar-refractivity contribution >= 4 is 17.1 Å². The van der Waals surface area contributed by atoms with Crippen molar-refractivity contribution in [1.82, 2.24) is 0 Å². The van der Waals surface area contributed by atoms with Gasteiger partial charge >= 0.3 is 0 Å². The summed E-state index contributed by atoms with van der Waals surface area (Å²) in [6.07, 6.45) is 4.94. The summed E-state index contributed by atoms with van der Waals surface area (Å²) in [7, 11) is 0. The highest BCUT2D eigenvalue weighted by Crippen LogP contribution is 2.21. The zero-order valence-electron chi connectivity index (χ0n) is 15.4. The van der Waals surface area contributed by atoms with E-state index < -0.39 is 0 Å². The minimum atomic E-state index is 0.440. The molecule has 0 saturated heterocycles. The predicted octanol–water partition coefficient (Wildman–Crippen LogP) is 4.70. The normalized spacial score (nSPS) is 11.6. The van der Waals surface area contributed by atoms with Crippen LogP contribution in [0.3, 0.4) is 0 Å². The van der Waals surface area contributed by atoms with Gasteiger partial charge in [-0.15, -0.1) is 0 Å². The Morgan fingerprint density at radius 1 is 1.00 bits per heavy atom. The molecule has 3 rings (SSSR count). The molecule has 4 nitrogen and oxygen atoms in total. The number of nitrogens with one attached hydrogen (secondary N) is 1.